The highest BCUT2D eigenvalue weighted by atomic mass is 79.9. The van der Waals surface area contributed by atoms with Crippen LogP contribution in [0.25, 0.3) is 22.2 Å². The van der Waals surface area contributed by atoms with E-state index in [-0.39, 0.29) is 11.9 Å². The fourth-order valence-corrected chi connectivity index (χ4v) is 4.04. The van der Waals surface area contributed by atoms with Gasteiger partial charge in [-0.3, -0.25) is 4.79 Å². The van der Waals surface area contributed by atoms with Gasteiger partial charge in [-0.2, -0.15) is 0 Å². The van der Waals surface area contributed by atoms with Gasteiger partial charge in [0.1, 0.15) is 0 Å². The van der Waals surface area contributed by atoms with Gasteiger partial charge in [0.25, 0.3) is 5.91 Å². The Balaban J connectivity index is 1.60. The highest BCUT2D eigenvalue weighted by Crippen LogP contribution is 2.27. The molecule has 4 rings (SSSR count). The summed E-state index contributed by atoms with van der Waals surface area (Å²) in [6, 6.07) is 17.1. The maximum absolute atomic E-state index is 13.0. The summed E-state index contributed by atoms with van der Waals surface area (Å²) in [5, 5.41) is 3.68. The molecule has 1 saturated carbocycles. The smallest absolute Gasteiger partial charge is 0.339 e. The van der Waals surface area contributed by atoms with Crippen LogP contribution in [0, 0.1) is 0 Å². The van der Waals surface area contributed by atoms with Crippen molar-refractivity contribution in [3.8, 4) is 11.3 Å². The molecule has 30 heavy (non-hydrogen) atoms. The van der Waals surface area contributed by atoms with Crippen LogP contribution in [-0.4, -0.2) is 29.0 Å². The maximum atomic E-state index is 13.0. The van der Waals surface area contributed by atoms with E-state index in [1.807, 2.05) is 48.5 Å². The third-order valence-corrected chi connectivity index (χ3v) is 5.96. The summed E-state index contributed by atoms with van der Waals surface area (Å²) < 4.78 is 6.51. The van der Waals surface area contributed by atoms with Crippen LogP contribution < -0.4 is 5.32 Å². The molecule has 2 aromatic carbocycles. The van der Waals surface area contributed by atoms with Gasteiger partial charge >= 0.3 is 5.97 Å². The molecule has 1 unspecified atom stereocenters. The Morgan fingerprint density at radius 2 is 1.80 bits per heavy atom. The van der Waals surface area contributed by atoms with E-state index >= 15 is 0 Å². The number of ether oxygens (including phenoxy) is 1. The number of para-hydroxylation sites is 1. The Morgan fingerprint density at radius 1 is 1.10 bits per heavy atom. The molecule has 0 saturated heterocycles. The van der Waals surface area contributed by atoms with Crippen LogP contribution in [-0.2, 0) is 9.53 Å². The molecule has 1 amide bonds. The summed E-state index contributed by atoms with van der Waals surface area (Å²) in [6.07, 6.45) is 3.36. The molecule has 1 atom stereocenters. The average molecular weight is 467 g/mol. The minimum absolute atomic E-state index is 0.185. The summed E-state index contributed by atoms with van der Waals surface area (Å²) in [5.74, 6) is -0.775. The minimum atomic E-state index is -0.860. The number of nitrogens with zero attached hydrogens (tertiary/aromatic N) is 1. The Hall–Kier alpha value is -2.73. The lowest BCUT2D eigenvalue weighted by molar-refractivity contribution is -0.129. The van der Waals surface area contributed by atoms with Crippen molar-refractivity contribution in [2.75, 3.05) is 0 Å². The summed E-state index contributed by atoms with van der Waals surface area (Å²) in [4.78, 5) is 30.2. The van der Waals surface area contributed by atoms with Crippen molar-refractivity contribution in [2.45, 2.75) is 44.8 Å². The number of hydrogen-bond donors (Lipinski definition) is 1. The van der Waals surface area contributed by atoms with E-state index in [1.165, 1.54) is 0 Å². The van der Waals surface area contributed by atoms with Gasteiger partial charge < -0.3 is 10.1 Å². The molecule has 6 heteroatoms. The van der Waals surface area contributed by atoms with Crippen molar-refractivity contribution in [2.24, 2.45) is 0 Å². The molecule has 3 aromatic rings. The van der Waals surface area contributed by atoms with Crippen molar-refractivity contribution in [3.63, 3.8) is 0 Å². The molecule has 1 aromatic heterocycles. The monoisotopic (exact) mass is 466 g/mol. The summed E-state index contributed by atoms with van der Waals surface area (Å²) >= 11 is 3.43. The highest BCUT2D eigenvalue weighted by molar-refractivity contribution is 9.10. The van der Waals surface area contributed by atoms with Gasteiger partial charge in [-0.1, -0.05) is 59.1 Å². The van der Waals surface area contributed by atoms with E-state index in [0.717, 1.165) is 35.7 Å². The molecule has 1 aliphatic rings. The first kappa shape index (κ1) is 20.5. The number of amides is 1. The zero-order valence-corrected chi connectivity index (χ0v) is 18.3. The van der Waals surface area contributed by atoms with Crippen molar-refractivity contribution < 1.29 is 14.3 Å². The SMILES string of the molecule is CC(OC(=O)c1cc(-c2ccc(Br)cc2)nc2ccccc12)C(=O)NC1CCCC1. The predicted molar refractivity (Wildman–Crippen MR) is 120 cm³/mol. The molecule has 0 aliphatic heterocycles. The fourth-order valence-electron chi connectivity index (χ4n) is 3.78. The zero-order valence-electron chi connectivity index (χ0n) is 16.7. The van der Waals surface area contributed by atoms with Gasteiger partial charge in [-0.05, 0) is 44.0 Å². The van der Waals surface area contributed by atoms with Gasteiger partial charge in [0.2, 0.25) is 0 Å². The quantitative estimate of drug-likeness (QED) is 0.520. The number of esters is 1. The largest absolute Gasteiger partial charge is 0.449 e. The van der Waals surface area contributed by atoms with Crippen LogP contribution in [0.5, 0.6) is 0 Å². The number of carbonyl (C=O) groups excluding carboxylic acids is 2. The molecular weight excluding hydrogens is 444 g/mol. The second-order valence-electron chi connectivity index (χ2n) is 7.62. The first-order chi connectivity index (χ1) is 14.5. The third kappa shape index (κ3) is 4.54. The Morgan fingerprint density at radius 3 is 2.53 bits per heavy atom. The number of benzene rings is 2. The molecular formula is C24H23BrN2O3. The van der Waals surface area contributed by atoms with E-state index in [0.29, 0.717) is 22.2 Å². The predicted octanol–water partition coefficient (Wildman–Crippen LogP) is 5.27. The van der Waals surface area contributed by atoms with Crippen LogP contribution in [0.2, 0.25) is 0 Å². The third-order valence-electron chi connectivity index (χ3n) is 5.43. The van der Waals surface area contributed by atoms with Gasteiger partial charge in [-0.25, -0.2) is 9.78 Å². The van der Waals surface area contributed by atoms with E-state index in [2.05, 4.69) is 21.2 Å². The van der Waals surface area contributed by atoms with Crippen LogP contribution in [0.4, 0.5) is 0 Å². The molecule has 1 heterocycles. The van der Waals surface area contributed by atoms with E-state index in [4.69, 9.17) is 9.72 Å². The normalized spacial score (nSPS) is 15.1. The fraction of sp³-hybridized carbons (Fsp3) is 0.292. The first-order valence-corrected chi connectivity index (χ1v) is 11.0. The molecule has 0 spiro atoms. The van der Waals surface area contributed by atoms with Gasteiger partial charge in [0.05, 0.1) is 16.8 Å². The Kier molecular flexibility index (Phi) is 6.13. The molecule has 0 radical (unpaired) electrons. The number of carbonyl (C=O) groups is 2. The lowest BCUT2D eigenvalue weighted by atomic mass is 10.0. The topological polar surface area (TPSA) is 68.3 Å². The minimum Gasteiger partial charge on any atom is -0.449 e. The zero-order chi connectivity index (χ0) is 21.1. The highest BCUT2D eigenvalue weighted by Gasteiger charge is 2.24. The molecule has 1 N–H and O–H groups in total. The lowest BCUT2D eigenvalue weighted by Crippen LogP contribution is -2.40. The van der Waals surface area contributed by atoms with Crippen molar-refractivity contribution in [3.05, 3.63) is 64.6 Å². The molecule has 1 fully saturated rings. The summed E-state index contributed by atoms with van der Waals surface area (Å²) in [5.41, 5.74) is 2.67. The van der Waals surface area contributed by atoms with Gasteiger partial charge in [0, 0.05) is 21.5 Å². The van der Waals surface area contributed by atoms with Crippen LogP contribution >= 0.6 is 15.9 Å². The number of hydrogen-bond acceptors (Lipinski definition) is 4. The summed E-state index contributed by atoms with van der Waals surface area (Å²) in [6.45, 7) is 1.61. The van der Waals surface area contributed by atoms with Crippen molar-refractivity contribution in [1.29, 1.82) is 0 Å². The Labute approximate surface area is 184 Å². The van der Waals surface area contributed by atoms with Gasteiger partial charge in [-0.15, -0.1) is 0 Å². The number of halogens is 1. The molecule has 154 valence electrons. The Bertz CT molecular complexity index is 1080. The number of aromatic nitrogens is 1. The summed E-state index contributed by atoms with van der Waals surface area (Å²) in [7, 11) is 0. The first-order valence-electron chi connectivity index (χ1n) is 10.2. The lowest BCUT2D eigenvalue weighted by Gasteiger charge is -2.18. The van der Waals surface area contributed by atoms with E-state index < -0.39 is 12.1 Å². The average Bonchev–Trinajstić information content (AvgIpc) is 3.26. The molecule has 0 bridgehead atoms. The molecule has 1 aliphatic carbocycles. The maximum Gasteiger partial charge on any atom is 0.339 e. The van der Waals surface area contributed by atoms with Crippen LogP contribution in [0.3, 0.4) is 0 Å². The molecule has 5 nitrogen and oxygen atoms in total. The standard InChI is InChI=1S/C24H23BrN2O3/c1-15(23(28)26-18-6-2-3-7-18)30-24(29)20-14-22(16-10-12-17(25)13-11-16)27-21-9-5-4-8-19(20)21/h4-5,8-15,18H,2-3,6-7H2,1H3,(H,26,28). The second kappa shape index (κ2) is 8.96. The number of pyridine rings is 1. The number of nitrogens with one attached hydrogen (secondary N) is 1. The van der Waals surface area contributed by atoms with Crippen LogP contribution in [0.15, 0.2) is 59.1 Å². The van der Waals surface area contributed by atoms with E-state index in [1.54, 1.807) is 13.0 Å². The second-order valence-corrected chi connectivity index (χ2v) is 8.53. The van der Waals surface area contributed by atoms with Gasteiger partial charge in [0.15, 0.2) is 6.10 Å². The van der Waals surface area contributed by atoms with Crippen molar-refractivity contribution >= 4 is 38.7 Å². The number of rotatable bonds is 5. The number of fused-ring (bicyclic) bond motifs is 1. The van der Waals surface area contributed by atoms with Crippen molar-refractivity contribution in [1.82, 2.24) is 10.3 Å². The van der Waals surface area contributed by atoms with E-state index in [9.17, 15) is 9.59 Å². The van der Waals surface area contributed by atoms with Crippen LogP contribution in [0.1, 0.15) is 43.0 Å².